The number of hydrogen-bond donors (Lipinski definition) is 0. The number of methoxy groups -OCH3 is 1. The van der Waals surface area contributed by atoms with Crippen molar-refractivity contribution < 1.29 is 17.6 Å². The first kappa shape index (κ1) is 17.5. The van der Waals surface area contributed by atoms with Crippen LogP contribution in [0.25, 0.3) is 0 Å². The van der Waals surface area contributed by atoms with Crippen LogP contribution in [-0.4, -0.2) is 39.0 Å². The molecule has 7 heteroatoms. The molecule has 1 aromatic heterocycles. The third kappa shape index (κ3) is 3.19. The fraction of sp³-hybridized carbons (Fsp3) is 0.692. The zero-order valence-electron chi connectivity index (χ0n) is 12.6. The number of hydrogen-bond acceptors (Lipinski definition) is 4. The van der Waals surface area contributed by atoms with E-state index in [2.05, 4.69) is 0 Å². The van der Waals surface area contributed by atoms with E-state index in [1.54, 1.807) is 27.9 Å². The minimum absolute atomic E-state index is 0.105. The fourth-order valence-electron chi connectivity index (χ4n) is 2.36. The number of ether oxygens (including phenoxy) is 1. The first-order valence-corrected chi connectivity index (χ1v) is 8.44. The number of alkyl halides is 1. The predicted molar refractivity (Wildman–Crippen MR) is 78.6 cm³/mol. The Morgan fingerprint density at radius 1 is 1.35 bits per heavy atom. The maximum atomic E-state index is 12.8. The second-order valence-corrected chi connectivity index (χ2v) is 6.76. The second kappa shape index (κ2) is 6.93. The Balaban J connectivity index is 3.35. The highest BCUT2D eigenvalue weighted by Crippen LogP contribution is 2.31. The Morgan fingerprint density at radius 2 is 1.95 bits per heavy atom. The van der Waals surface area contributed by atoms with E-state index in [9.17, 15) is 8.42 Å². The first-order valence-electron chi connectivity index (χ1n) is 6.46. The Labute approximate surface area is 125 Å². The summed E-state index contributed by atoms with van der Waals surface area (Å²) in [5.74, 6) is 1.03. The molecule has 1 aromatic rings. The van der Waals surface area contributed by atoms with Crippen molar-refractivity contribution in [2.24, 2.45) is 0 Å². The van der Waals surface area contributed by atoms with Crippen molar-refractivity contribution in [1.82, 2.24) is 4.31 Å². The van der Waals surface area contributed by atoms with Crippen LogP contribution in [-0.2, 0) is 20.6 Å². The summed E-state index contributed by atoms with van der Waals surface area (Å²) in [7, 11) is -2.10. The molecule has 116 valence electrons. The van der Waals surface area contributed by atoms with Gasteiger partial charge in [0, 0.05) is 25.3 Å². The van der Waals surface area contributed by atoms with Crippen molar-refractivity contribution in [3.63, 3.8) is 0 Å². The highest BCUT2D eigenvalue weighted by molar-refractivity contribution is 7.89. The number of nitrogens with zero attached hydrogens (tertiary/aromatic N) is 1. The number of furan rings is 1. The van der Waals surface area contributed by atoms with Crippen molar-refractivity contribution in [3.05, 3.63) is 17.1 Å². The fourth-order valence-corrected chi connectivity index (χ4v) is 4.80. The molecule has 0 saturated carbocycles. The molecule has 1 unspecified atom stereocenters. The molecule has 0 amide bonds. The topological polar surface area (TPSA) is 59.8 Å². The highest BCUT2D eigenvalue weighted by Gasteiger charge is 2.33. The first-order chi connectivity index (χ1) is 9.31. The van der Waals surface area contributed by atoms with Gasteiger partial charge in [0.2, 0.25) is 10.0 Å². The summed E-state index contributed by atoms with van der Waals surface area (Å²) >= 11 is 5.88. The van der Waals surface area contributed by atoms with Gasteiger partial charge in [0.25, 0.3) is 0 Å². The van der Waals surface area contributed by atoms with Crippen LogP contribution in [0.2, 0.25) is 0 Å². The molecule has 0 N–H and O–H groups in total. The summed E-state index contributed by atoms with van der Waals surface area (Å²) in [6, 6.07) is -0.257. The molecular weight excluding hydrogens is 302 g/mol. The molecule has 0 bridgehead atoms. The normalized spacial score (nSPS) is 13.9. The van der Waals surface area contributed by atoms with E-state index in [0.717, 1.165) is 0 Å². The summed E-state index contributed by atoms with van der Waals surface area (Å²) in [5, 5.41) is 0. The number of likely N-dealkylation sites (N-methyl/N-ethyl adjacent to an activating group) is 1. The predicted octanol–water partition coefficient (Wildman–Crippen LogP) is 2.68. The number of rotatable bonds is 7. The van der Waals surface area contributed by atoms with E-state index in [-0.39, 0.29) is 16.8 Å². The number of halogens is 1. The molecule has 0 aliphatic heterocycles. The van der Waals surface area contributed by atoms with Gasteiger partial charge < -0.3 is 9.15 Å². The molecule has 1 heterocycles. The van der Waals surface area contributed by atoms with Gasteiger partial charge in [-0.25, -0.2) is 8.42 Å². The van der Waals surface area contributed by atoms with Crippen LogP contribution >= 0.6 is 11.6 Å². The highest BCUT2D eigenvalue weighted by atomic mass is 35.5. The SMILES string of the molecule is CCN(C(C)COC)S(=O)(=O)c1c(C)oc(C)c1CCl. The summed E-state index contributed by atoms with van der Waals surface area (Å²) in [6.07, 6.45) is 0. The maximum absolute atomic E-state index is 12.8. The zero-order valence-corrected chi connectivity index (χ0v) is 14.1. The molecule has 20 heavy (non-hydrogen) atoms. The molecule has 0 aliphatic carbocycles. The van der Waals surface area contributed by atoms with E-state index in [1.165, 1.54) is 4.31 Å². The van der Waals surface area contributed by atoms with Crippen molar-refractivity contribution in [1.29, 1.82) is 0 Å². The van der Waals surface area contributed by atoms with Crippen LogP contribution in [0.3, 0.4) is 0 Å². The van der Waals surface area contributed by atoms with E-state index in [4.69, 9.17) is 20.8 Å². The Bertz CT molecular complexity index is 553. The Kier molecular flexibility index (Phi) is 6.06. The molecular formula is C13H22ClNO4S. The lowest BCUT2D eigenvalue weighted by Crippen LogP contribution is -2.41. The van der Waals surface area contributed by atoms with Crippen LogP contribution in [0, 0.1) is 13.8 Å². The Hall–Kier alpha value is -0.560. The van der Waals surface area contributed by atoms with Crippen LogP contribution in [0.15, 0.2) is 9.31 Å². The van der Waals surface area contributed by atoms with E-state index < -0.39 is 10.0 Å². The molecule has 0 aliphatic rings. The van der Waals surface area contributed by atoms with Crippen LogP contribution in [0.1, 0.15) is 30.9 Å². The van der Waals surface area contributed by atoms with Gasteiger partial charge in [0.05, 0.1) is 12.5 Å². The molecule has 0 radical (unpaired) electrons. The summed E-state index contributed by atoms with van der Waals surface area (Å²) in [4.78, 5) is 0.190. The summed E-state index contributed by atoms with van der Waals surface area (Å²) in [6.45, 7) is 7.67. The smallest absolute Gasteiger partial charge is 0.247 e. The van der Waals surface area contributed by atoms with Gasteiger partial charge in [0.1, 0.15) is 16.4 Å². The Morgan fingerprint density at radius 3 is 2.40 bits per heavy atom. The van der Waals surface area contributed by atoms with E-state index in [0.29, 0.717) is 30.2 Å². The minimum Gasteiger partial charge on any atom is -0.465 e. The molecule has 0 saturated heterocycles. The third-order valence-electron chi connectivity index (χ3n) is 3.24. The van der Waals surface area contributed by atoms with Gasteiger partial charge in [-0.15, -0.1) is 11.6 Å². The van der Waals surface area contributed by atoms with Crippen molar-refractivity contribution >= 4 is 21.6 Å². The lowest BCUT2D eigenvalue weighted by atomic mass is 10.3. The average molecular weight is 324 g/mol. The monoisotopic (exact) mass is 323 g/mol. The quantitative estimate of drug-likeness (QED) is 0.724. The van der Waals surface area contributed by atoms with Gasteiger partial charge in [-0.05, 0) is 20.8 Å². The van der Waals surface area contributed by atoms with E-state index in [1.807, 2.05) is 6.92 Å². The maximum Gasteiger partial charge on any atom is 0.247 e. The van der Waals surface area contributed by atoms with Gasteiger partial charge in [0.15, 0.2) is 0 Å². The van der Waals surface area contributed by atoms with Gasteiger partial charge in [-0.2, -0.15) is 4.31 Å². The van der Waals surface area contributed by atoms with E-state index >= 15 is 0 Å². The van der Waals surface area contributed by atoms with Crippen LogP contribution in [0.4, 0.5) is 0 Å². The van der Waals surface area contributed by atoms with Gasteiger partial charge in [-0.1, -0.05) is 6.92 Å². The summed E-state index contributed by atoms with van der Waals surface area (Å²) < 4.78 is 37.6. The average Bonchev–Trinajstić information content (AvgIpc) is 2.64. The lowest BCUT2D eigenvalue weighted by molar-refractivity contribution is 0.142. The van der Waals surface area contributed by atoms with Gasteiger partial charge in [-0.3, -0.25) is 0 Å². The van der Waals surface area contributed by atoms with Crippen molar-refractivity contribution in [2.45, 2.75) is 44.5 Å². The molecule has 0 spiro atoms. The van der Waals surface area contributed by atoms with Crippen molar-refractivity contribution in [2.75, 3.05) is 20.3 Å². The largest absolute Gasteiger partial charge is 0.465 e. The lowest BCUT2D eigenvalue weighted by Gasteiger charge is -2.26. The molecule has 0 fully saturated rings. The molecule has 0 aromatic carbocycles. The molecule has 5 nitrogen and oxygen atoms in total. The van der Waals surface area contributed by atoms with Gasteiger partial charge >= 0.3 is 0 Å². The second-order valence-electron chi connectivity index (χ2n) is 4.67. The third-order valence-corrected chi connectivity index (χ3v) is 5.79. The standard InChI is InChI=1S/C13H22ClNO4S/c1-6-15(9(2)8-18-5)20(16,17)13-11(4)19-10(3)12(13)7-14/h9H,6-8H2,1-5H3. The number of aryl methyl sites for hydroxylation is 2. The van der Waals surface area contributed by atoms with Crippen LogP contribution < -0.4 is 0 Å². The molecule has 1 rings (SSSR count). The van der Waals surface area contributed by atoms with Crippen molar-refractivity contribution in [3.8, 4) is 0 Å². The summed E-state index contributed by atoms with van der Waals surface area (Å²) in [5.41, 5.74) is 0.534. The van der Waals surface area contributed by atoms with Crippen LogP contribution in [0.5, 0.6) is 0 Å². The zero-order chi connectivity index (χ0) is 15.5. The molecule has 1 atom stereocenters. The number of sulfonamides is 1. The minimum atomic E-state index is -3.65.